The van der Waals surface area contributed by atoms with Gasteiger partial charge >= 0.3 is 0 Å². The number of fused-ring (bicyclic) bond motifs is 1. The van der Waals surface area contributed by atoms with Gasteiger partial charge in [0.1, 0.15) is 5.82 Å². The van der Waals surface area contributed by atoms with Crippen molar-refractivity contribution >= 4 is 10.9 Å². The smallest absolute Gasteiger partial charge is 0.128 e. The van der Waals surface area contributed by atoms with Crippen LogP contribution in [0.1, 0.15) is 25.3 Å². The molecule has 0 saturated carbocycles. The molecule has 1 heterocycles. The Kier molecular flexibility index (Phi) is 2.06. The first-order chi connectivity index (χ1) is 6.59. The van der Waals surface area contributed by atoms with Crippen molar-refractivity contribution in [1.29, 1.82) is 0 Å². The first-order valence-corrected chi connectivity index (χ1v) is 4.84. The maximum atomic E-state index is 13.6. The zero-order valence-corrected chi connectivity index (χ0v) is 8.71. The molecule has 0 aliphatic rings. The lowest BCUT2D eigenvalue weighted by atomic mass is 10.0. The van der Waals surface area contributed by atoms with Crippen LogP contribution in [0.15, 0.2) is 24.4 Å². The first-order valence-electron chi connectivity index (χ1n) is 4.84. The van der Waals surface area contributed by atoms with Crippen molar-refractivity contribution < 1.29 is 4.39 Å². The van der Waals surface area contributed by atoms with Gasteiger partial charge in [-0.1, -0.05) is 13.8 Å². The number of nitrogens with zero attached hydrogens (tertiary/aromatic N) is 1. The highest BCUT2D eigenvalue weighted by molar-refractivity contribution is 5.81. The number of aryl methyl sites for hydroxylation is 1. The Morgan fingerprint density at radius 3 is 2.64 bits per heavy atom. The van der Waals surface area contributed by atoms with E-state index in [1.54, 1.807) is 6.07 Å². The minimum absolute atomic E-state index is 0.102. The molecule has 2 aromatic rings. The average Bonchev–Trinajstić information content (AvgIpc) is 2.46. The van der Waals surface area contributed by atoms with Gasteiger partial charge in [-0.15, -0.1) is 0 Å². The third-order valence-electron chi connectivity index (χ3n) is 2.63. The fraction of sp³-hybridized carbons (Fsp3) is 0.333. The summed E-state index contributed by atoms with van der Waals surface area (Å²) in [6, 6.07) is 5.57. The van der Waals surface area contributed by atoms with Gasteiger partial charge < -0.3 is 4.57 Å². The van der Waals surface area contributed by atoms with Crippen molar-refractivity contribution in [3.05, 3.63) is 35.8 Å². The lowest BCUT2D eigenvalue weighted by molar-refractivity contribution is 0.600. The molecule has 0 amide bonds. The third kappa shape index (κ3) is 1.31. The zero-order chi connectivity index (χ0) is 10.3. The lowest BCUT2D eigenvalue weighted by Crippen LogP contribution is -1.94. The van der Waals surface area contributed by atoms with Crippen LogP contribution in [-0.2, 0) is 7.05 Å². The maximum absolute atomic E-state index is 13.6. The normalized spacial score (nSPS) is 11.5. The van der Waals surface area contributed by atoms with Crippen molar-refractivity contribution in [3.8, 4) is 0 Å². The third-order valence-corrected chi connectivity index (χ3v) is 2.63. The molecule has 0 aliphatic carbocycles. The summed E-state index contributed by atoms with van der Waals surface area (Å²) < 4.78 is 15.5. The summed E-state index contributed by atoms with van der Waals surface area (Å²) in [5.74, 6) is 0.133. The minimum atomic E-state index is -0.102. The van der Waals surface area contributed by atoms with E-state index in [9.17, 15) is 4.39 Å². The van der Waals surface area contributed by atoms with Crippen molar-refractivity contribution in [1.82, 2.24) is 4.57 Å². The van der Waals surface area contributed by atoms with Crippen LogP contribution in [0, 0.1) is 5.82 Å². The SMILES string of the molecule is CC(C)c1cc2ccn(C)c2cc1F. The molecule has 2 rings (SSSR count). The second-order valence-electron chi connectivity index (χ2n) is 4.01. The van der Waals surface area contributed by atoms with E-state index >= 15 is 0 Å². The fourth-order valence-corrected chi connectivity index (χ4v) is 1.75. The molecule has 0 radical (unpaired) electrons. The standard InChI is InChI=1S/C12H14FN/c1-8(2)10-6-9-4-5-14(3)12(9)7-11(10)13/h4-8H,1-3H3. The molecule has 0 N–H and O–H groups in total. The number of hydrogen-bond acceptors (Lipinski definition) is 0. The number of halogens is 1. The largest absolute Gasteiger partial charge is 0.350 e. The van der Waals surface area contributed by atoms with Gasteiger partial charge in [-0.3, -0.25) is 0 Å². The Bertz CT molecular complexity index is 468. The molecule has 14 heavy (non-hydrogen) atoms. The summed E-state index contributed by atoms with van der Waals surface area (Å²) >= 11 is 0. The summed E-state index contributed by atoms with van der Waals surface area (Å²) in [5.41, 5.74) is 1.75. The second-order valence-corrected chi connectivity index (χ2v) is 4.01. The van der Waals surface area contributed by atoms with Crippen LogP contribution in [0.5, 0.6) is 0 Å². The Labute approximate surface area is 83.2 Å². The summed E-state index contributed by atoms with van der Waals surface area (Å²) in [6.07, 6.45) is 1.95. The Morgan fingerprint density at radius 2 is 2.00 bits per heavy atom. The molecular formula is C12H14FN. The van der Waals surface area contributed by atoms with Crippen LogP contribution in [0.25, 0.3) is 10.9 Å². The van der Waals surface area contributed by atoms with Gasteiger partial charge in [0.2, 0.25) is 0 Å². The molecule has 0 spiro atoms. The molecule has 0 bridgehead atoms. The Morgan fingerprint density at radius 1 is 1.29 bits per heavy atom. The lowest BCUT2D eigenvalue weighted by Gasteiger charge is -2.07. The minimum Gasteiger partial charge on any atom is -0.350 e. The molecule has 0 aliphatic heterocycles. The van der Waals surface area contributed by atoms with Gasteiger partial charge in [-0.2, -0.15) is 0 Å². The number of rotatable bonds is 1. The molecule has 1 aromatic carbocycles. The first kappa shape index (κ1) is 9.25. The molecule has 0 atom stereocenters. The molecule has 0 unspecified atom stereocenters. The van der Waals surface area contributed by atoms with E-state index in [2.05, 4.69) is 0 Å². The van der Waals surface area contributed by atoms with Gasteiger partial charge in [-0.25, -0.2) is 4.39 Å². The highest BCUT2D eigenvalue weighted by Crippen LogP contribution is 2.24. The highest BCUT2D eigenvalue weighted by atomic mass is 19.1. The van der Waals surface area contributed by atoms with E-state index in [0.29, 0.717) is 0 Å². The molecular weight excluding hydrogens is 177 g/mol. The molecule has 74 valence electrons. The van der Waals surface area contributed by atoms with E-state index in [0.717, 1.165) is 16.5 Å². The molecule has 0 fully saturated rings. The van der Waals surface area contributed by atoms with Gasteiger partial charge in [0.05, 0.1) is 5.52 Å². The van der Waals surface area contributed by atoms with Gasteiger partial charge in [0.15, 0.2) is 0 Å². The van der Waals surface area contributed by atoms with Crippen LogP contribution < -0.4 is 0 Å². The molecule has 1 nitrogen and oxygen atoms in total. The Balaban J connectivity index is 2.72. The average molecular weight is 191 g/mol. The van der Waals surface area contributed by atoms with E-state index in [-0.39, 0.29) is 11.7 Å². The second kappa shape index (κ2) is 3.12. The maximum Gasteiger partial charge on any atom is 0.128 e. The van der Waals surface area contributed by atoms with Crippen molar-refractivity contribution in [3.63, 3.8) is 0 Å². The quantitative estimate of drug-likeness (QED) is 0.650. The number of aromatic nitrogens is 1. The van der Waals surface area contributed by atoms with Gasteiger partial charge in [0.25, 0.3) is 0 Å². The monoisotopic (exact) mass is 191 g/mol. The van der Waals surface area contributed by atoms with Crippen LogP contribution >= 0.6 is 0 Å². The number of benzene rings is 1. The Hall–Kier alpha value is -1.31. The van der Waals surface area contributed by atoms with Crippen LogP contribution in [0.2, 0.25) is 0 Å². The summed E-state index contributed by atoms with van der Waals surface area (Å²) in [4.78, 5) is 0. The summed E-state index contributed by atoms with van der Waals surface area (Å²) in [6.45, 7) is 4.01. The zero-order valence-electron chi connectivity index (χ0n) is 8.71. The van der Waals surface area contributed by atoms with Gasteiger partial charge in [-0.05, 0) is 29.7 Å². The van der Waals surface area contributed by atoms with Crippen LogP contribution in [0.3, 0.4) is 0 Å². The highest BCUT2D eigenvalue weighted by Gasteiger charge is 2.09. The van der Waals surface area contributed by atoms with Crippen molar-refractivity contribution in [2.45, 2.75) is 19.8 Å². The topological polar surface area (TPSA) is 4.93 Å². The molecule has 0 saturated heterocycles. The van der Waals surface area contributed by atoms with E-state index in [4.69, 9.17) is 0 Å². The van der Waals surface area contributed by atoms with Crippen LogP contribution in [0.4, 0.5) is 4.39 Å². The summed E-state index contributed by atoms with van der Waals surface area (Å²) in [5, 5.41) is 1.11. The molecule has 1 aromatic heterocycles. The van der Waals surface area contributed by atoms with Crippen molar-refractivity contribution in [2.75, 3.05) is 0 Å². The fourth-order valence-electron chi connectivity index (χ4n) is 1.75. The van der Waals surface area contributed by atoms with E-state index in [1.165, 1.54) is 0 Å². The number of hydrogen-bond donors (Lipinski definition) is 0. The molecule has 2 heteroatoms. The van der Waals surface area contributed by atoms with Crippen molar-refractivity contribution in [2.24, 2.45) is 7.05 Å². The predicted octanol–water partition coefficient (Wildman–Crippen LogP) is 3.44. The summed E-state index contributed by atoms with van der Waals surface area (Å²) in [7, 11) is 1.93. The van der Waals surface area contributed by atoms with Crippen LogP contribution in [-0.4, -0.2) is 4.57 Å². The van der Waals surface area contributed by atoms with E-state index < -0.39 is 0 Å². The van der Waals surface area contributed by atoms with E-state index in [1.807, 2.05) is 43.8 Å². The van der Waals surface area contributed by atoms with Gasteiger partial charge in [0, 0.05) is 18.6 Å². The predicted molar refractivity (Wildman–Crippen MR) is 57.0 cm³/mol.